The molecule has 6 nitrogen and oxygen atoms in total. The normalized spacial score (nSPS) is 11.0. The zero-order valence-electron chi connectivity index (χ0n) is 21.7. The third kappa shape index (κ3) is 5.20. The van der Waals surface area contributed by atoms with Gasteiger partial charge in [-0.15, -0.1) is 0 Å². The highest BCUT2D eigenvalue weighted by Crippen LogP contribution is 2.40. The predicted octanol–water partition coefficient (Wildman–Crippen LogP) is 8.85. The molecule has 0 aliphatic heterocycles. The fourth-order valence-electron chi connectivity index (χ4n) is 5.04. The molecule has 0 aliphatic carbocycles. The van der Waals surface area contributed by atoms with Gasteiger partial charge < -0.3 is 24.3 Å². The van der Waals surface area contributed by atoms with E-state index in [9.17, 15) is 9.90 Å². The number of aromatic nitrogens is 1. The van der Waals surface area contributed by atoms with Gasteiger partial charge >= 0.3 is 6.16 Å². The molecule has 6 heteroatoms. The summed E-state index contributed by atoms with van der Waals surface area (Å²) in [6, 6.07) is 37.4. The molecule has 0 bridgehead atoms. The number of hydrogen-bond donors (Lipinski definition) is 2. The summed E-state index contributed by atoms with van der Waals surface area (Å²) in [7, 11) is 0. The Hall–Kier alpha value is -5.23. The maximum absolute atomic E-state index is 11.6. The first-order valence-electron chi connectivity index (χ1n) is 13.1. The number of H-pyrrole nitrogens is 1. The molecule has 6 aromatic rings. The number of rotatable bonds is 9. The van der Waals surface area contributed by atoms with Crippen LogP contribution < -0.4 is 14.2 Å². The molecule has 40 heavy (non-hydrogen) atoms. The van der Waals surface area contributed by atoms with Gasteiger partial charge in [0, 0.05) is 27.5 Å². The summed E-state index contributed by atoms with van der Waals surface area (Å²) >= 11 is 0. The van der Waals surface area contributed by atoms with Gasteiger partial charge in [0.05, 0.1) is 12.1 Å². The maximum Gasteiger partial charge on any atom is 0.512 e. The number of aromatic amines is 1. The molecule has 0 spiro atoms. The van der Waals surface area contributed by atoms with Crippen molar-refractivity contribution < 1.29 is 24.1 Å². The van der Waals surface area contributed by atoms with Crippen LogP contribution >= 0.6 is 0 Å². The van der Waals surface area contributed by atoms with Gasteiger partial charge in [-0.05, 0) is 42.5 Å². The van der Waals surface area contributed by atoms with E-state index in [4.69, 9.17) is 14.2 Å². The van der Waals surface area contributed by atoms with E-state index >= 15 is 0 Å². The smallest absolute Gasteiger partial charge is 0.493 e. The minimum atomic E-state index is -1.37. The van der Waals surface area contributed by atoms with Crippen molar-refractivity contribution in [3.05, 3.63) is 121 Å². The van der Waals surface area contributed by atoms with Crippen LogP contribution in [0.3, 0.4) is 0 Å². The van der Waals surface area contributed by atoms with Crippen molar-refractivity contribution in [2.45, 2.75) is 12.8 Å². The summed E-state index contributed by atoms with van der Waals surface area (Å²) in [4.78, 5) is 14.8. The van der Waals surface area contributed by atoms with Gasteiger partial charge in [-0.3, -0.25) is 0 Å². The highest BCUT2D eigenvalue weighted by molar-refractivity contribution is 5.99. The fraction of sp³-hybridized carbons (Fsp3) is 0.0882. The number of hydrogen-bond acceptors (Lipinski definition) is 4. The molecule has 6 rings (SSSR count). The summed E-state index contributed by atoms with van der Waals surface area (Å²) in [5, 5.41) is 12.5. The Kier molecular flexibility index (Phi) is 7.05. The molecule has 2 N–H and O–H groups in total. The predicted molar refractivity (Wildman–Crippen MR) is 157 cm³/mol. The highest BCUT2D eigenvalue weighted by atomic mass is 16.7. The number of ether oxygens (including phenoxy) is 3. The van der Waals surface area contributed by atoms with E-state index in [1.165, 1.54) is 0 Å². The van der Waals surface area contributed by atoms with Crippen LogP contribution in [0.4, 0.5) is 4.79 Å². The lowest BCUT2D eigenvalue weighted by atomic mass is 10.00. The van der Waals surface area contributed by atoms with Crippen molar-refractivity contribution in [1.29, 1.82) is 0 Å². The van der Waals surface area contributed by atoms with Crippen LogP contribution in [0.15, 0.2) is 115 Å². The monoisotopic (exact) mass is 529 g/mol. The summed E-state index contributed by atoms with van der Waals surface area (Å²) in [5.74, 6) is 2.48. The Bertz CT molecular complexity index is 1790. The molecule has 1 aromatic heterocycles. The van der Waals surface area contributed by atoms with Gasteiger partial charge in [-0.25, -0.2) is 4.79 Å². The first kappa shape index (κ1) is 25.1. The molecular weight excluding hydrogens is 502 g/mol. The molecule has 198 valence electrons. The van der Waals surface area contributed by atoms with Crippen molar-refractivity contribution >= 4 is 27.8 Å². The van der Waals surface area contributed by atoms with Gasteiger partial charge in [-0.2, -0.15) is 0 Å². The van der Waals surface area contributed by atoms with Crippen LogP contribution in [0.25, 0.3) is 32.8 Å². The van der Waals surface area contributed by atoms with Gasteiger partial charge in [0.25, 0.3) is 0 Å². The van der Waals surface area contributed by atoms with E-state index in [0.717, 1.165) is 49.9 Å². The van der Waals surface area contributed by atoms with Crippen LogP contribution in [0, 0.1) is 0 Å². The molecule has 1 heterocycles. The van der Waals surface area contributed by atoms with E-state index in [-0.39, 0.29) is 5.88 Å². The molecule has 0 fully saturated rings. The Balaban J connectivity index is 1.30. The van der Waals surface area contributed by atoms with Crippen molar-refractivity contribution in [2.24, 2.45) is 0 Å². The van der Waals surface area contributed by atoms with Crippen molar-refractivity contribution in [3.63, 3.8) is 0 Å². The van der Waals surface area contributed by atoms with Crippen LogP contribution in [0.1, 0.15) is 12.0 Å². The topological polar surface area (TPSA) is 80.8 Å². The highest BCUT2D eigenvalue weighted by Gasteiger charge is 2.19. The van der Waals surface area contributed by atoms with E-state index in [1.54, 1.807) is 0 Å². The molecule has 5 aromatic carbocycles. The maximum atomic E-state index is 11.6. The third-order valence-corrected chi connectivity index (χ3v) is 6.82. The van der Waals surface area contributed by atoms with Crippen LogP contribution in [-0.4, -0.2) is 22.9 Å². The SMILES string of the molecule is O=C(O)Oc1[nH]c2c(-c3ccccc3Oc3ccccc3)cccc2c1CCCOc1cccc2ccccc12. The standard InChI is InChI=1S/C34H27NO5/c36-34(37)40-33-29(19-10-22-38-30-21-8-12-23-11-4-5-15-25(23)30)28-18-9-17-27(32(28)35-33)26-16-6-7-20-31(26)39-24-13-2-1-3-14-24/h1-9,11-18,20-21,35H,10,19,22H2,(H,36,37). The average Bonchev–Trinajstić information content (AvgIpc) is 3.32. The van der Waals surface area contributed by atoms with Crippen molar-refractivity contribution in [2.75, 3.05) is 6.61 Å². The molecule has 0 saturated heterocycles. The third-order valence-electron chi connectivity index (χ3n) is 6.82. The van der Waals surface area contributed by atoms with Crippen molar-refractivity contribution in [3.8, 4) is 34.3 Å². The van der Waals surface area contributed by atoms with E-state index in [2.05, 4.69) is 17.1 Å². The molecule has 0 saturated carbocycles. The summed E-state index contributed by atoms with van der Waals surface area (Å²) in [6.45, 7) is 0.473. The molecule has 0 radical (unpaired) electrons. The number of carbonyl (C=O) groups is 1. The first-order chi connectivity index (χ1) is 19.7. The Morgan fingerprint density at radius 3 is 2.25 bits per heavy atom. The van der Waals surface area contributed by atoms with E-state index in [1.807, 2.05) is 103 Å². The summed E-state index contributed by atoms with van der Waals surface area (Å²) in [5.41, 5.74) is 3.35. The molecular formula is C34H27NO5. The van der Waals surface area contributed by atoms with Crippen LogP contribution in [-0.2, 0) is 6.42 Å². The van der Waals surface area contributed by atoms with Crippen LogP contribution in [0.2, 0.25) is 0 Å². The summed E-state index contributed by atoms with van der Waals surface area (Å²) < 4.78 is 17.6. The van der Waals surface area contributed by atoms with Gasteiger partial charge in [0.15, 0.2) is 0 Å². The fourth-order valence-corrected chi connectivity index (χ4v) is 5.04. The number of nitrogens with one attached hydrogen (secondary N) is 1. The minimum Gasteiger partial charge on any atom is -0.493 e. The number of fused-ring (bicyclic) bond motifs is 2. The van der Waals surface area contributed by atoms with Crippen LogP contribution in [0.5, 0.6) is 23.1 Å². The lowest BCUT2D eigenvalue weighted by Crippen LogP contribution is -2.06. The number of benzene rings is 5. The second kappa shape index (κ2) is 11.3. The zero-order valence-corrected chi connectivity index (χ0v) is 21.7. The molecule has 0 aliphatic rings. The average molecular weight is 530 g/mol. The number of para-hydroxylation sites is 3. The molecule has 0 unspecified atom stereocenters. The largest absolute Gasteiger partial charge is 0.512 e. The Morgan fingerprint density at radius 1 is 0.700 bits per heavy atom. The first-order valence-corrected chi connectivity index (χ1v) is 13.1. The second-order valence-electron chi connectivity index (χ2n) is 9.37. The van der Waals surface area contributed by atoms with Gasteiger partial charge in [0.2, 0.25) is 5.88 Å². The zero-order chi connectivity index (χ0) is 27.3. The van der Waals surface area contributed by atoms with Crippen molar-refractivity contribution in [1.82, 2.24) is 4.98 Å². The molecule has 0 atom stereocenters. The second-order valence-corrected chi connectivity index (χ2v) is 9.37. The van der Waals surface area contributed by atoms with Gasteiger partial charge in [0.1, 0.15) is 17.2 Å². The van der Waals surface area contributed by atoms with Gasteiger partial charge in [-0.1, -0.05) is 91.0 Å². The van der Waals surface area contributed by atoms with E-state index < -0.39 is 6.16 Å². The summed E-state index contributed by atoms with van der Waals surface area (Å²) in [6.07, 6.45) is -0.127. The quantitative estimate of drug-likeness (QED) is 0.144. The number of carboxylic acid groups (broad SMARTS) is 1. The minimum absolute atomic E-state index is 0.224. The lowest BCUT2D eigenvalue weighted by Gasteiger charge is -2.12. The lowest BCUT2D eigenvalue weighted by molar-refractivity contribution is 0.142. The van der Waals surface area contributed by atoms with E-state index in [0.29, 0.717) is 25.2 Å². The number of aryl methyl sites for hydroxylation is 1. The molecule has 0 amide bonds. The Labute approximate surface area is 231 Å². The Morgan fingerprint density at radius 2 is 1.38 bits per heavy atom.